The lowest BCUT2D eigenvalue weighted by atomic mass is 9.80. The van der Waals surface area contributed by atoms with E-state index in [1.165, 1.54) is 0 Å². The summed E-state index contributed by atoms with van der Waals surface area (Å²) in [5, 5.41) is 12.0. The molecule has 1 amide bonds. The first kappa shape index (κ1) is 16.8. The van der Waals surface area contributed by atoms with Gasteiger partial charge >= 0.3 is 12.1 Å². The second kappa shape index (κ2) is 7.16. The molecule has 0 aromatic rings. The number of alkyl carbamates (subject to hydrolysis) is 1. The normalized spacial score (nSPS) is 27.0. The molecular formula is C17H27NO4. The lowest BCUT2D eigenvalue weighted by molar-refractivity contribution is -0.142. The molecule has 0 aromatic carbocycles. The van der Waals surface area contributed by atoms with Crippen molar-refractivity contribution in [1.29, 1.82) is 0 Å². The van der Waals surface area contributed by atoms with Crippen molar-refractivity contribution in [3.8, 4) is 0 Å². The fourth-order valence-corrected chi connectivity index (χ4v) is 3.49. The third-order valence-electron chi connectivity index (χ3n) is 5.05. The monoisotopic (exact) mass is 309 g/mol. The van der Waals surface area contributed by atoms with Crippen LogP contribution in [0.4, 0.5) is 4.79 Å². The van der Waals surface area contributed by atoms with Crippen LogP contribution in [0.1, 0.15) is 58.3 Å². The molecule has 0 heterocycles. The number of unbranched alkanes of at least 4 members (excludes halogenated alkanes) is 1. The van der Waals surface area contributed by atoms with Crippen molar-refractivity contribution >= 4 is 12.1 Å². The average molecular weight is 309 g/mol. The Balaban J connectivity index is 1.78. The number of hydrogen-bond acceptors (Lipinski definition) is 3. The Morgan fingerprint density at radius 3 is 2.73 bits per heavy atom. The summed E-state index contributed by atoms with van der Waals surface area (Å²) >= 11 is 0. The smallest absolute Gasteiger partial charge is 0.408 e. The lowest BCUT2D eigenvalue weighted by Gasteiger charge is -2.31. The van der Waals surface area contributed by atoms with Crippen LogP contribution in [-0.2, 0) is 9.53 Å². The largest absolute Gasteiger partial charge is 0.480 e. The van der Waals surface area contributed by atoms with Gasteiger partial charge in [0.05, 0.1) is 0 Å². The van der Waals surface area contributed by atoms with Gasteiger partial charge in [0.1, 0.15) is 12.1 Å². The van der Waals surface area contributed by atoms with Gasteiger partial charge in [-0.05, 0) is 49.9 Å². The van der Waals surface area contributed by atoms with E-state index in [0.29, 0.717) is 5.92 Å². The molecule has 0 radical (unpaired) electrons. The highest BCUT2D eigenvalue weighted by atomic mass is 16.6. The van der Waals surface area contributed by atoms with E-state index < -0.39 is 18.1 Å². The summed E-state index contributed by atoms with van der Waals surface area (Å²) in [6, 6.07) is -0.861. The number of carbonyl (C=O) groups excluding carboxylic acids is 1. The third kappa shape index (κ3) is 4.24. The van der Waals surface area contributed by atoms with Crippen molar-refractivity contribution in [3.63, 3.8) is 0 Å². The third-order valence-corrected chi connectivity index (χ3v) is 5.05. The molecule has 2 saturated carbocycles. The summed E-state index contributed by atoms with van der Waals surface area (Å²) in [5.41, 5.74) is -0.363. The van der Waals surface area contributed by atoms with Crippen LogP contribution in [0.5, 0.6) is 0 Å². The first-order valence-electron chi connectivity index (χ1n) is 8.27. The van der Waals surface area contributed by atoms with Gasteiger partial charge in [0, 0.05) is 0 Å². The van der Waals surface area contributed by atoms with Gasteiger partial charge in [-0.1, -0.05) is 25.8 Å². The van der Waals surface area contributed by atoms with E-state index in [1.54, 1.807) is 0 Å². The minimum absolute atomic E-state index is 0.0457. The minimum atomic E-state index is -0.973. The van der Waals surface area contributed by atoms with E-state index in [-0.39, 0.29) is 11.5 Å². The molecule has 22 heavy (non-hydrogen) atoms. The summed E-state index contributed by atoms with van der Waals surface area (Å²) in [6.07, 6.45) is 8.92. The minimum Gasteiger partial charge on any atom is -0.480 e. The Morgan fingerprint density at radius 1 is 1.45 bits per heavy atom. The van der Waals surface area contributed by atoms with Crippen LogP contribution in [-0.4, -0.2) is 29.3 Å². The highest BCUT2D eigenvalue weighted by Gasteiger charge is 2.44. The molecule has 0 aliphatic heterocycles. The van der Waals surface area contributed by atoms with Crippen molar-refractivity contribution in [2.45, 2.75) is 70.4 Å². The SMILES string of the molecule is C=CCCC[C@@H]1C[C@H]1OC(=O)N[C@H](C(=O)O)C1(C)CCCC1. The Morgan fingerprint density at radius 2 is 2.14 bits per heavy atom. The molecule has 5 nitrogen and oxygen atoms in total. The fourth-order valence-electron chi connectivity index (χ4n) is 3.49. The van der Waals surface area contributed by atoms with E-state index in [4.69, 9.17) is 4.74 Å². The van der Waals surface area contributed by atoms with Gasteiger partial charge in [0.25, 0.3) is 0 Å². The fraction of sp³-hybridized carbons (Fsp3) is 0.765. The second-order valence-corrected chi connectivity index (χ2v) is 6.94. The van der Waals surface area contributed by atoms with Crippen LogP contribution < -0.4 is 5.32 Å². The Bertz CT molecular complexity index is 428. The van der Waals surface area contributed by atoms with Gasteiger partial charge in [-0.3, -0.25) is 0 Å². The van der Waals surface area contributed by atoms with Crippen LogP contribution in [0, 0.1) is 11.3 Å². The molecule has 0 bridgehead atoms. The second-order valence-electron chi connectivity index (χ2n) is 6.94. The molecule has 2 N–H and O–H groups in total. The summed E-state index contributed by atoms with van der Waals surface area (Å²) in [4.78, 5) is 23.5. The zero-order chi connectivity index (χ0) is 16.2. The van der Waals surface area contributed by atoms with E-state index >= 15 is 0 Å². The number of amides is 1. The molecule has 2 aliphatic rings. The number of aliphatic carboxylic acids is 1. The predicted molar refractivity (Wildman–Crippen MR) is 83.6 cm³/mol. The maximum Gasteiger partial charge on any atom is 0.408 e. The topological polar surface area (TPSA) is 75.6 Å². The van der Waals surface area contributed by atoms with Crippen molar-refractivity contribution < 1.29 is 19.4 Å². The zero-order valence-electron chi connectivity index (χ0n) is 13.3. The van der Waals surface area contributed by atoms with Crippen LogP contribution in [0.25, 0.3) is 0 Å². The highest BCUT2D eigenvalue weighted by molar-refractivity contribution is 5.81. The molecule has 2 rings (SSSR count). The molecule has 124 valence electrons. The maximum atomic E-state index is 12.0. The van der Waals surface area contributed by atoms with E-state index in [2.05, 4.69) is 11.9 Å². The molecular weight excluding hydrogens is 282 g/mol. The zero-order valence-corrected chi connectivity index (χ0v) is 13.3. The standard InChI is InChI=1S/C17H27NO4/c1-3-4-5-8-12-11-13(12)22-16(21)18-14(15(19)20)17(2)9-6-7-10-17/h3,12-14H,1,4-11H2,2H3,(H,18,21)(H,19,20)/t12-,13-,14-/m1/s1. The Kier molecular flexibility index (Phi) is 5.48. The Labute approximate surface area is 132 Å². The van der Waals surface area contributed by atoms with E-state index in [9.17, 15) is 14.7 Å². The van der Waals surface area contributed by atoms with Crippen LogP contribution in [0.3, 0.4) is 0 Å². The van der Waals surface area contributed by atoms with Crippen LogP contribution >= 0.6 is 0 Å². The summed E-state index contributed by atoms with van der Waals surface area (Å²) in [6.45, 7) is 5.63. The van der Waals surface area contributed by atoms with Gasteiger partial charge in [-0.2, -0.15) is 0 Å². The molecule has 2 aliphatic carbocycles. The molecule has 5 heteroatoms. The Hall–Kier alpha value is -1.52. The summed E-state index contributed by atoms with van der Waals surface area (Å²) in [5.74, 6) is -0.546. The van der Waals surface area contributed by atoms with Gasteiger partial charge in [0.15, 0.2) is 0 Å². The van der Waals surface area contributed by atoms with Crippen LogP contribution in [0.15, 0.2) is 12.7 Å². The van der Waals surface area contributed by atoms with Gasteiger partial charge in [-0.15, -0.1) is 6.58 Å². The molecule has 0 spiro atoms. The molecule has 0 aromatic heterocycles. The first-order valence-corrected chi connectivity index (χ1v) is 8.27. The van der Waals surface area contributed by atoms with Gasteiger partial charge in [-0.25, -0.2) is 9.59 Å². The number of rotatable bonds is 8. The van der Waals surface area contributed by atoms with Gasteiger partial charge in [0.2, 0.25) is 0 Å². The summed E-state index contributed by atoms with van der Waals surface area (Å²) in [7, 11) is 0. The molecule has 0 saturated heterocycles. The maximum absolute atomic E-state index is 12.0. The lowest BCUT2D eigenvalue weighted by Crippen LogP contribution is -2.50. The first-order chi connectivity index (χ1) is 10.5. The number of nitrogens with one attached hydrogen (secondary N) is 1. The summed E-state index contributed by atoms with van der Waals surface area (Å²) < 4.78 is 5.35. The number of carboxylic acid groups (broad SMARTS) is 1. The molecule has 0 unspecified atom stereocenters. The molecule has 3 atom stereocenters. The van der Waals surface area contributed by atoms with Crippen molar-refractivity contribution in [1.82, 2.24) is 5.32 Å². The van der Waals surface area contributed by atoms with Gasteiger partial charge < -0.3 is 15.2 Å². The van der Waals surface area contributed by atoms with Crippen molar-refractivity contribution in [2.24, 2.45) is 11.3 Å². The number of allylic oxidation sites excluding steroid dienone is 1. The quantitative estimate of drug-likeness (QED) is 0.531. The van der Waals surface area contributed by atoms with Crippen LogP contribution in [0.2, 0.25) is 0 Å². The average Bonchev–Trinajstić information content (AvgIpc) is 3.03. The highest BCUT2D eigenvalue weighted by Crippen LogP contribution is 2.41. The van der Waals surface area contributed by atoms with Crippen molar-refractivity contribution in [3.05, 3.63) is 12.7 Å². The number of hydrogen-bond donors (Lipinski definition) is 2. The number of carboxylic acids is 1. The van der Waals surface area contributed by atoms with E-state index in [1.807, 2.05) is 13.0 Å². The predicted octanol–water partition coefficient (Wildman–Crippen LogP) is 3.49. The number of carbonyl (C=O) groups is 2. The van der Waals surface area contributed by atoms with Crippen molar-refractivity contribution in [2.75, 3.05) is 0 Å². The number of ether oxygens (including phenoxy) is 1. The van der Waals surface area contributed by atoms with E-state index in [0.717, 1.165) is 51.4 Å². The molecule has 2 fully saturated rings.